The number of amides is 1. The van der Waals surface area contributed by atoms with Crippen LogP contribution in [-0.2, 0) is 11.2 Å². The van der Waals surface area contributed by atoms with Crippen LogP contribution in [0.25, 0.3) is 0 Å². The second-order valence-electron chi connectivity index (χ2n) is 5.46. The van der Waals surface area contributed by atoms with Crippen molar-refractivity contribution in [3.63, 3.8) is 0 Å². The second-order valence-corrected chi connectivity index (χ2v) is 5.46. The molecule has 0 aliphatic carbocycles. The summed E-state index contributed by atoms with van der Waals surface area (Å²) in [6, 6.07) is 10.2. The van der Waals surface area contributed by atoms with Crippen molar-refractivity contribution in [2.75, 3.05) is 13.1 Å². The van der Waals surface area contributed by atoms with Crippen molar-refractivity contribution in [1.82, 2.24) is 10.6 Å². The van der Waals surface area contributed by atoms with Crippen LogP contribution in [-0.4, -0.2) is 19.0 Å². The van der Waals surface area contributed by atoms with Gasteiger partial charge < -0.3 is 10.6 Å². The lowest BCUT2D eigenvalue weighted by molar-refractivity contribution is -0.117. The molecule has 0 bridgehead atoms. The molecule has 0 saturated carbocycles. The number of carbonyl (C=O) groups excluding carboxylic acids is 1. The van der Waals surface area contributed by atoms with Gasteiger partial charge >= 0.3 is 0 Å². The molecule has 0 atom stereocenters. The molecule has 2 N–H and O–H groups in total. The topological polar surface area (TPSA) is 64.9 Å². The van der Waals surface area contributed by atoms with Gasteiger partial charge in [-0.25, -0.2) is 0 Å². The van der Waals surface area contributed by atoms with E-state index in [2.05, 4.69) is 41.8 Å². The highest BCUT2D eigenvalue weighted by atomic mass is 16.1. The van der Waals surface area contributed by atoms with Gasteiger partial charge in [-0.05, 0) is 24.8 Å². The van der Waals surface area contributed by atoms with Crippen LogP contribution in [0.5, 0.6) is 0 Å². The van der Waals surface area contributed by atoms with Crippen LogP contribution in [0, 0.1) is 24.2 Å². The van der Waals surface area contributed by atoms with Gasteiger partial charge in [0.2, 0.25) is 0 Å². The average Bonchev–Trinajstić information content (AvgIpc) is 2.46. The van der Waals surface area contributed by atoms with Crippen molar-refractivity contribution >= 4 is 5.91 Å². The van der Waals surface area contributed by atoms with Crippen molar-refractivity contribution in [2.45, 2.75) is 27.2 Å². The van der Waals surface area contributed by atoms with Gasteiger partial charge in [0.15, 0.2) is 0 Å². The summed E-state index contributed by atoms with van der Waals surface area (Å²) in [5.41, 5.74) is 2.57. The van der Waals surface area contributed by atoms with E-state index in [0.29, 0.717) is 19.0 Å². The summed E-state index contributed by atoms with van der Waals surface area (Å²) in [5, 5.41) is 14.7. The van der Waals surface area contributed by atoms with E-state index in [9.17, 15) is 4.79 Å². The van der Waals surface area contributed by atoms with E-state index in [4.69, 9.17) is 5.26 Å². The molecule has 4 heteroatoms. The maximum atomic E-state index is 11.7. The van der Waals surface area contributed by atoms with Crippen LogP contribution in [0.3, 0.4) is 0 Å². The predicted octanol–water partition coefficient (Wildman–Crippen LogP) is 2.31. The van der Waals surface area contributed by atoms with E-state index in [1.807, 2.05) is 19.9 Å². The Morgan fingerprint density at radius 2 is 2.00 bits per heavy atom. The van der Waals surface area contributed by atoms with Gasteiger partial charge in [-0.3, -0.25) is 4.79 Å². The fraction of sp³-hybridized carbons (Fsp3) is 0.412. The van der Waals surface area contributed by atoms with Crippen LogP contribution in [0.1, 0.15) is 25.0 Å². The maximum Gasteiger partial charge on any atom is 0.263 e. The number of nitriles is 1. The Balaban J connectivity index is 2.41. The summed E-state index contributed by atoms with van der Waals surface area (Å²) in [6.07, 6.45) is 2.34. The zero-order chi connectivity index (χ0) is 15.7. The summed E-state index contributed by atoms with van der Waals surface area (Å²) in [7, 11) is 0. The van der Waals surface area contributed by atoms with E-state index < -0.39 is 0 Å². The first-order chi connectivity index (χ1) is 10.0. The molecule has 0 aliphatic rings. The van der Waals surface area contributed by atoms with E-state index in [1.165, 1.54) is 17.3 Å². The molecule has 0 radical (unpaired) electrons. The summed E-state index contributed by atoms with van der Waals surface area (Å²) < 4.78 is 0. The molecule has 0 saturated heterocycles. The minimum Gasteiger partial charge on any atom is -0.389 e. The Kier molecular flexibility index (Phi) is 7.03. The van der Waals surface area contributed by atoms with Crippen molar-refractivity contribution in [3.8, 4) is 6.07 Å². The highest BCUT2D eigenvalue weighted by Gasteiger charge is 2.08. The molecule has 21 heavy (non-hydrogen) atoms. The lowest BCUT2D eigenvalue weighted by Crippen LogP contribution is -2.29. The number of nitrogens with one attached hydrogen (secondary N) is 2. The zero-order valence-corrected chi connectivity index (χ0v) is 12.9. The van der Waals surface area contributed by atoms with Gasteiger partial charge in [-0.15, -0.1) is 0 Å². The highest BCUT2D eigenvalue weighted by Crippen LogP contribution is 2.03. The quantitative estimate of drug-likeness (QED) is 0.459. The van der Waals surface area contributed by atoms with Crippen molar-refractivity contribution in [3.05, 3.63) is 47.2 Å². The normalized spacial score (nSPS) is 11.1. The molecular formula is C17H23N3O. The summed E-state index contributed by atoms with van der Waals surface area (Å²) in [5.74, 6) is 0.0393. The van der Waals surface area contributed by atoms with Crippen LogP contribution < -0.4 is 10.6 Å². The smallest absolute Gasteiger partial charge is 0.263 e. The van der Waals surface area contributed by atoms with Crippen LogP contribution in [0.15, 0.2) is 36.0 Å². The molecule has 0 aromatic heterocycles. The number of hydrogen-bond donors (Lipinski definition) is 2. The Bertz CT molecular complexity index is 524. The molecule has 0 unspecified atom stereocenters. The van der Waals surface area contributed by atoms with E-state index in [0.717, 1.165) is 6.42 Å². The maximum absolute atomic E-state index is 11.7. The summed E-state index contributed by atoms with van der Waals surface area (Å²) >= 11 is 0. The summed E-state index contributed by atoms with van der Waals surface area (Å²) in [4.78, 5) is 11.7. The third kappa shape index (κ3) is 6.62. The Morgan fingerprint density at radius 3 is 2.57 bits per heavy atom. The molecule has 112 valence electrons. The van der Waals surface area contributed by atoms with E-state index >= 15 is 0 Å². The predicted molar refractivity (Wildman–Crippen MR) is 84.4 cm³/mol. The number of rotatable bonds is 7. The first kappa shape index (κ1) is 16.8. The fourth-order valence-corrected chi connectivity index (χ4v) is 1.69. The molecule has 1 amide bonds. The molecule has 0 heterocycles. The van der Waals surface area contributed by atoms with Gasteiger partial charge in [-0.2, -0.15) is 5.26 Å². The van der Waals surface area contributed by atoms with E-state index in [1.54, 1.807) is 0 Å². The van der Waals surface area contributed by atoms with Gasteiger partial charge in [0, 0.05) is 19.3 Å². The fourth-order valence-electron chi connectivity index (χ4n) is 1.69. The minimum absolute atomic E-state index is 0.111. The number of carbonyl (C=O) groups is 1. The standard InChI is InChI=1S/C17H23N3O/c1-13(2)11-20-17(21)16(10-18)12-19-9-8-15-6-4-14(3)5-7-15/h4-7,12-13,19H,8-9,11H2,1-3H3,(H,20,21)/b16-12-. The Hall–Kier alpha value is -2.28. The van der Waals surface area contributed by atoms with Crippen LogP contribution in [0.4, 0.5) is 0 Å². The zero-order valence-electron chi connectivity index (χ0n) is 12.9. The highest BCUT2D eigenvalue weighted by molar-refractivity contribution is 5.97. The SMILES string of the molecule is Cc1ccc(CCN/C=C(/C#N)C(=O)NCC(C)C)cc1. The minimum atomic E-state index is -0.325. The lowest BCUT2D eigenvalue weighted by atomic mass is 10.1. The molecule has 1 aromatic carbocycles. The first-order valence-corrected chi connectivity index (χ1v) is 7.20. The number of hydrogen-bond acceptors (Lipinski definition) is 3. The monoisotopic (exact) mass is 285 g/mol. The van der Waals surface area contributed by atoms with E-state index in [-0.39, 0.29) is 11.5 Å². The Morgan fingerprint density at radius 1 is 1.33 bits per heavy atom. The van der Waals surface area contributed by atoms with Crippen molar-refractivity contribution in [1.29, 1.82) is 5.26 Å². The number of benzene rings is 1. The van der Waals surface area contributed by atoms with Crippen molar-refractivity contribution < 1.29 is 4.79 Å². The molecule has 1 rings (SSSR count). The molecule has 1 aromatic rings. The molecule has 0 fully saturated rings. The number of nitrogens with zero attached hydrogens (tertiary/aromatic N) is 1. The largest absolute Gasteiger partial charge is 0.389 e. The third-order valence-electron chi connectivity index (χ3n) is 2.96. The second kappa shape index (κ2) is 8.80. The van der Waals surface area contributed by atoms with Crippen LogP contribution in [0.2, 0.25) is 0 Å². The summed E-state index contributed by atoms with van der Waals surface area (Å²) in [6.45, 7) is 7.33. The molecule has 4 nitrogen and oxygen atoms in total. The first-order valence-electron chi connectivity index (χ1n) is 7.20. The van der Waals surface area contributed by atoms with Crippen molar-refractivity contribution in [2.24, 2.45) is 5.92 Å². The van der Waals surface area contributed by atoms with Gasteiger partial charge in [0.1, 0.15) is 11.6 Å². The van der Waals surface area contributed by atoms with Gasteiger partial charge in [-0.1, -0.05) is 43.7 Å². The Labute approximate surface area is 126 Å². The molecule has 0 spiro atoms. The van der Waals surface area contributed by atoms with Crippen LogP contribution >= 0.6 is 0 Å². The molecular weight excluding hydrogens is 262 g/mol. The molecule has 0 aliphatic heterocycles. The third-order valence-corrected chi connectivity index (χ3v) is 2.96. The lowest BCUT2D eigenvalue weighted by Gasteiger charge is -2.07. The number of aryl methyl sites for hydroxylation is 1. The average molecular weight is 285 g/mol. The van der Waals surface area contributed by atoms with Gasteiger partial charge in [0.25, 0.3) is 5.91 Å². The van der Waals surface area contributed by atoms with Gasteiger partial charge in [0.05, 0.1) is 0 Å².